The highest BCUT2D eigenvalue weighted by atomic mass is 35.5. The minimum absolute atomic E-state index is 0.288. The summed E-state index contributed by atoms with van der Waals surface area (Å²) < 4.78 is 5.42. The van der Waals surface area contributed by atoms with Crippen LogP contribution in [0.3, 0.4) is 0 Å². The number of halogens is 1. The number of aromatic nitrogens is 2. The first kappa shape index (κ1) is 16.4. The topological polar surface area (TPSA) is 55.3 Å². The third-order valence-corrected chi connectivity index (χ3v) is 3.97. The third kappa shape index (κ3) is 4.23. The van der Waals surface area contributed by atoms with E-state index in [1.54, 1.807) is 4.90 Å². The average Bonchev–Trinajstić information content (AvgIpc) is 2.59. The molecule has 0 spiro atoms. The maximum atomic E-state index is 12.2. The lowest BCUT2D eigenvalue weighted by Gasteiger charge is -2.26. The fourth-order valence-corrected chi connectivity index (χ4v) is 2.85. The summed E-state index contributed by atoms with van der Waals surface area (Å²) in [5.41, 5.74) is 1.39. The van der Waals surface area contributed by atoms with E-state index in [2.05, 4.69) is 9.97 Å². The Bertz CT molecular complexity index is 546. The van der Waals surface area contributed by atoms with Gasteiger partial charge in [0.05, 0.1) is 5.69 Å². The summed E-state index contributed by atoms with van der Waals surface area (Å²) in [6.07, 6.45) is 2.96. The summed E-state index contributed by atoms with van der Waals surface area (Å²) in [6.45, 7) is 6.76. The molecule has 0 saturated heterocycles. The molecule has 1 amide bonds. The predicted molar refractivity (Wildman–Crippen MR) is 84.0 cm³/mol. The van der Waals surface area contributed by atoms with E-state index in [1.807, 2.05) is 27.0 Å². The van der Waals surface area contributed by atoms with Crippen molar-refractivity contribution in [2.24, 2.45) is 0 Å². The zero-order chi connectivity index (χ0) is 15.6. The fraction of sp³-hybridized carbons (Fsp3) is 0.643. The van der Waals surface area contributed by atoms with Crippen molar-refractivity contribution >= 4 is 29.5 Å². The molecule has 0 radical (unpaired) electrons. The molecule has 0 aliphatic carbocycles. The molecule has 0 aromatic carbocycles. The monoisotopic (exact) mass is 329 g/mol. The number of ether oxygens (including phenoxy) is 1. The molecular weight excluding hydrogens is 310 g/mol. The van der Waals surface area contributed by atoms with Crippen LogP contribution in [-0.4, -0.2) is 45.9 Å². The number of hydrogen-bond donors (Lipinski definition) is 0. The van der Waals surface area contributed by atoms with Crippen molar-refractivity contribution in [3.63, 3.8) is 0 Å². The Balaban J connectivity index is 2.13. The van der Waals surface area contributed by atoms with Crippen LogP contribution in [0.1, 0.15) is 32.0 Å². The maximum absolute atomic E-state index is 12.2. The van der Waals surface area contributed by atoms with Gasteiger partial charge in [-0.15, -0.1) is 0 Å². The van der Waals surface area contributed by atoms with Crippen LogP contribution in [0.5, 0.6) is 0 Å². The number of thioether (sulfide) groups is 1. The zero-order valence-corrected chi connectivity index (χ0v) is 14.3. The van der Waals surface area contributed by atoms with Crippen molar-refractivity contribution in [2.45, 2.75) is 44.4 Å². The third-order valence-electron chi connectivity index (χ3n) is 3.11. The summed E-state index contributed by atoms with van der Waals surface area (Å²) >= 11 is 7.70. The van der Waals surface area contributed by atoms with E-state index in [4.69, 9.17) is 16.3 Å². The number of rotatable bonds is 1. The van der Waals surface area contributed by atoms with Gasteiger partial charge in [0.15, 0.2) is 5.16 Å². The van der Waals surface area contributed by atoms with E-state index < -0.39 is 5.60 Å². The number of hydrogen-bond acceptors (Lipinski definition) is 5. The lowest BCUT2D eigenvalue weighted by molar-refractivity contribution is 0.0258. The molecule has 0 unspecified atom stereocenters. The van der Waals surface area contributed by atoms with Crippen molar-refractivity contribution in [2.75, 3.05) is 19.3 Å². The van der Waals surface area contributed by atoms with Gasteiger partial charge in [0, 0.05) is 25.1 Å². The number of nitrogens with zero attached hydrogens (tertiary/aromatic N) is 3. The molecule has 2 rings (SSSR count). The number of amides is 1. The summed E-state index contributed by atoms with van der Waals surface area (Å²) in [7, 11) is 0. The van der Waals surface area contributed by atoms with Crippen molar-refractivity contribution in [3.05, 3.63) is 16.4 Å². The van der Waals surface area contributed by atoms with E-state index >= 15 is 0 Å². The van der Waals surface area contributed by atoms with Gasteiger partial charge in [0.2, 0.25) is 0 Å². The molecular formula is C14H20ClN3O2S. The first-order valence-electron chi connectivity index (χ1n) is 6.87. The quantitative estimate of drug-likeness (QED) is 0.450. The fourth-order valence-electron chi connectivity index (χ4n) is 2.13. The number of carbonyl (C=O) groups excluding carboxylic acids is 1. The molecule has 0 fully saturated rings. The van der Waals surface area contributed by atoms with Gasteiger partial charge in [-0.05, 0) is 33.4 Å². The molecule has 21 heavy (non-hydrogen) atoms. The lowest BCUT2D eigenvalue weighted by atomic mass is 10.1. The van der Waals surface area contributed by atoms with Gasteiger partial charge in [-0.3, -0.25) is 0 Å². The molecule has 0 atom stereocenters. The molecule has 0 saturated carbocycles. The second-order valence-corrected chi connectivity index (χ2v) is 7.03. The Morgan fingerprint density at radius 3 is 2.57 bits per heavy atom. The van der Waals surface area contributed by atoms with Crippen LogP contribution in [0.25, 0.3) is 0 Å². The van der Waals surface area contributed by atoms with Crippen molar-refractivity contribution in [1.82, 2.24) is 14.9 Å². The molecule has 1 aliphatic heterocycles. The highest BCUT2D eigenvalue weighted by Gasteiger charge is 2.26. The summed E-state index contributed by atoms with van der Waals surface area (Å²) in [5.74, 6) is 0. The first-order valence-corrected chi connectivity index (χ1v) is 8.47. The van der Waals surface area contributed by atoms with Gasteiger partial charge in [-0.25, -0.2) is 14.8 Å². The van der Waals surface area contributed by atoms with Gasteiger partial charge < -0.3 is 9.64 Å². The molecule has 5 nitrogen and oxygen atoms in total. The summed E-state index contributed by atoms with van der Waals surface area (Å²) in [4.78, 5) is 22.6. The van der Waals surface area contributed by atoms with Gasteiger partial charge in [0.1, 0.15) is 10.8 Å². The Morgan fingerprint density at radius 2 is 1.95 bits per heavy atom. The molecule has 2 heterocycles. The van der Waals surface area contributed by atoms with E-state index in [9.17, 15) is 4.79 Å². The Hall–Kier alpha value is -1.01. The Morgan fingerprint density at radius 1 is 1.29 bits per heavy atom. The van der Waals surface area contributed by atoms with Crippen LogP contribution in [0.15, 0.2) is 5.16 Å². The molecule has 1 aromatic heterocycles. The van der Waals surface area contributed by atoms with Crippen LogP contribution in [0.2, 0.25) is 5.15 Å². The van der Waals surface area contributed by atoms with Gasteiger partial charge >= 0.3 is 6.09 Å². The molecule has 0 N–H and O–H groups in total. The largest absolute Gasteiger partial charge is 0.444 e. The minimum atomic E-state index is -0.486. The maximum Gasteiger partial charge on any atom is 0.410 e. The Labute approximate surface area is 134 Å². The second kappa shape index (κ2) is 6.40. The average molecular weight is 330 g/mol. The normalized spacial score (nSPS) is 15.4. The standard InChI is InChI=1S/C14H20ClN3O2S/c1-14(2,3)20-13(19)18-7-5-9-10(6-8-18)16-12(21-4)17-11(9)15/h5-8H2,1-4H3. The van der Waals surface area contributed by atoms with E-state index in [1.165, 1.54) is 11.8 Å². The van der Waals surface area contributed by atoms with Crippen LogP contribution in [0.4, 0.5) is 4.79 Å². The van der Waals surface area contributed by atoms with Gasteiger partial charge in [-0.2, -0.15) is 0 Å². The van der Waals surface area contributed by atoms with Crippen LogP contribution in [0, 0.1) is 0 Å². The molecule has 0 bridgehead atoms. The van der Waals surface area contributed by atoms with E-state index in [-0.39, 0.29) is 6.09 Å². The van der Waals surface area contributed by atoms with Gasteiger partial charge in [0.25, 0.3) is 0 Å². The van der Waals surface area contributed by atoms with Crippen molar-refractivity contribution in [3.8, 4) is 0 Å². The van der Waals surface area contributed by atoms with Crippen molar-refractivity contribution < 1.29 is 9.53 Å². The molecule has 7 heteroatoms. The van der Waals surface area contributed by atoms with Crippen molar-refractivity contribution in [1.29, 1.82) is 0 Å². The Kier molecular flexibility index (Phi) is 4.99. The van der Waals surface area contributed by atoms with Crippen LogP contribution in [-0.2, 0) is 17.6 Å². The SMILES string of the molecule is CSc1nc(Cl)c2c(n1)CCN(C(=O)OC(C)(C)C)CC2. The second-order valence-electron chi connectivity index (χ2n) is 5.89. The van der Waals surface area contributed by atoms with Crippen LogP contribution < -0.4 is 0 Å². The highest BCUT2D eigenvalue weighted by Crippen LogP contribution is 2.24. The summed E-state index contributed by atoms with van der Waals surface area (Å²) in [6, 6.07) is 0. The first-order chi connectivity index (χ1) is 9.80. The lowest BCUT2D eigenvalue weighted by Crippen LogP contribution is -2.38. The zero-order valence-electron chi connectivity index (χ0n) is 12.8. The predicted octanol–water partition coefficient (Wildman–Crippen LogP) is 3.19. The summed E-state index contributed by atoms with van der Waals surface area (Å²) in [5, 5.41) is 1.17. The molecule has 116 valence electrons. The highest BCUT2D eigenvalue weighted by molar-refractivity contribution is 7.98. The van der Waals surface area contributed by atoms with E-state index in [0.717, 1.165) is 11.3 Å². The minimum Gasteiger partial charge on any atom is -0.444 e. The smallest absolute Gasteiger partial charge is 0.410 e. The number of fused-ring (bicyclic) bond motifs is 1. The van der Waals surface area contributed by atoms with Gasteiger partial charge in [-0.1, -0.05) is 23.4 Å². The molecule has 1 aromatic rings. The van der Waals surface area contributed by atoms with Crippen LogP contribution >= 0.6 is 23.4 Å². The van der Waals surface area contributed by atoms with E-state index in [0.29, 0.717) is 36.2 Å². The number of carbonyl (C=O) groups is 1. The molecule has 1 aliphatic rings.